The standard InChI is InChI=1S/C13H21NO5S/c1-19-12(16)13(6-3-2-4-7-13)14-11(15)10-5-8-20(17,18)9-10/h10H,2-9H2,1H3,(H,14,15). The van der Waals surface area contributed by atoms with Gasteiger partial charge in [-0.2, -0.15) is 0 Å². The number of nitrogens with one attached hydrogen (secondary N) is 1. The summed E-state index contributed by atoms with van der Waals surface area (Å²) >= 11 is 0. The van der Waals surface area contributed by atoms with E-state index in [1.807, 2.05) is 0 Å². The minimum Gasteiger partial charge on any atom is -0.467 e. The maximum atomic E-state index is 12.2. The van der Waals surface area contributed by atoms with Crippen LogP contribution in [0.2, 0.25) is 0 Å². The van der Waals surface area contributed by atoms with Gasteiger partial charge in [0, 0.05) is 0 Å². The molecule has 0 aromatic carbocycles. The molecule has 20 heavy (non-hydrogen) atoms. The van der Waals surface area contributed by atoms with Crippen LogP contribution in [-0.2, 0) is 24.2 Å². The minimum atomic E-state index is -3.10. The van der Waals surface area contributed by atoms with Crippen molar-refractivity contribution in [3.05, 3.63) is 0 Å². The predicted octanol–water partition coefficient (Wildman–Crippen LogP) is 0.413. The van der Waals surface area contributed by atoms with Crippen molar-refractivity contribution < 1.29 is 22.7 Å². The van der Waals surface area contributed by atoms with E-state index in [1.54, 1.807) is 0 Å². The van der Waals surface area contributed by atoms with Crippen LogP contribution in [0, 0.1) is 5.92 Å². The molecule has 1 aliphatic heterocycles. The minimum absolute atomic E-state index is 0.0519. The normalized spacial score (nSPS) is 27.8. The van der Waals surface area contributed by atoms with Gasteiger partial charge in [-0.15, -0.1) is 0 Å². The van der Waals surface area contributed by atoms with Crippen LogP contribution < -0.4 is 5.32 Å². The zero-order chi connectivity index (χ0) is 14.8. The van der Waals surface area contributed by atoms with Gasteiger partial charge in [0.2, 0.25) is 5.91 Å². The third-order valence-corrected chi connectivity index (χ3v) is 6.02. The molecule has 0 bridgehead atoms. The second kappa shape index (κ2) is 5.71. The van der Waals surface area contributed by atoms with Crippen LogP contribution in [0.1, 0.15) is 38.5 Å². The number of carbonyl (C=O) groups is 2. The molecular weight excluding hydrogens is 282 g/mol. The van der Waals surface area contributed by atoms with Crippen LogP contribution >= 0.6 is 0 Å². The number of rotatable bonds is 3. The van der Waals surface area contributed by atoms with Gasteiger partial charge < -0.3 is 10.1 Å². The molecule has 0 radical (unpaired) electrons. The lowest BCUT2D eigenvalue weighted by Crippen LogP contribution is -2.57. The summed E-state index contributed by atoms with van der Waals surface area (Å²) in [6, 6.07) is 0. The third-order valence-electron chi connectivity index (χ3n) is 4.25. The molecule has 1 amide bonds. The van der Waals surface area contributed by atoms with Crippen molar-refractivity contribution in [3.8, 4) is 0 Å². The van der Waals surface area contributed by atoms with Crippen molar-refractivity contribution in [2.75, 3.05) is 18.6 Å². The van der Waals surface area contributed by atoms with Crippen LogP contribution in [0.25, 0.3) is 0 Å². The summed E-state index contributed by atoms with van der Waals surface area (Å²) in [7, 11) is -1.79. The first-order valence-electron chi connectivity index (χ1n) is 6.99. The summed E-state index contributed by atoms with van der Waals surface area (Å²) in [6.45, 7) is 0. The van der Waals surface area contributed by atoms with E-state index in [9.17, 15) is 18.0 Å². The number of carbonyl (C=O) groups excluding carboxylic acids is 2. The first-order valence-corrected chi connectivity index (χ1v) is 8.81. The first-order chi connectivity index (χ1) is 9.38. The smallest absolute Gasteiger partial charge is 0.331 e. The number of sulfone groups is 1. The number of methoxy groups -OCH3 is 1. The van der Waals surface area contributed by atoms with E-state index in [0.717, 1.165) is 19.3 Å². The summed E-state index contributed by atoms with van der Waals surface area (Å²) in [5.41, 5.74) is -0.962. The number of esters is 1. The molecule has 114 valence electrons. The summed E-state index contributed by atoms with van der Waals surface area (Å²) in [5, 5.41) is 2.78. The van der Waals surface area contributed by atoms with Gasteiger partial charge >= 0.3 is 5.97 Å². The molecule has 0 aromatic rings. The van der Waals surface area contributed by atoms with Crippen molar-refractivity contribution in [1.29, 1.82) is 0 Å². The number of hydrogen-bond donors (Lipinski definition) is 1. The average molecular weight is 303 g/mol. The lowest BCUT2D eigenvalue weighted by molar-refractivity contribution is -0.153. The van der Waals surface area contributed by atoms with Gasteiger partial charge in [-0.05, 0) is 19.3 Å². The Bertz CT molecular complexity index is 493. The lowest BCUT2D eigenvalue weighted by Gasteiger charge is -2.35. The Kier molecular flexibility index (Phi) is 4.36. The monoisotopic (exact) mass is 303 g/mol. The van der Waals surface area contributed by atoms with Gasteiger partial charge in [-0.25, -0.2) is 13.2 Å². The molecule has 6 nitrogen and oxygen atoms in total. The Morgan fingerprint density at radius 3 is 2.35 bits per heavy atom. The number of hydrogen-bond acceptors (Lipinski definition) is 5. The Balaban J connectivity index is 2.08. The van der Waals surface area contributed by atoms with E-state index in [2.05, 4.69) is 5.32 Å². The summed E-state index contributed by atoms with van der Waals surface area (Å²) < 4.78 is 27.7. The van der Waals surface area contributed by atoms with Gasteiger partial charge in [0.15, 0.2) is 9.84 Å². The average Bonchev–Trinajstić information content (AvgIpc) is 2.79. The van der Waals surface area contributed by atoms with E-state index in [1.165, 1.54) is 7.11 Å². The van der Waals surface area contributed by atoms with Gasteiger partial charge in [-0.3, -0.25) is 4.79 Å². The Labute approximate surface area is 119 Å². The van der Waals surface area contributed by atoms with Crippen LogP contribution in [-0.4, -0.2) is 44.4 Å². The van der Waals surface area contributed by atoms with Crippen molar-refractivity contribution in [1.82, 2.24) is 5.32 Å². The molecule has 1 heterocycles. The molecule has 1 atom stereocenters. The summed E-state index contributed by atoms with van der Waals surface area (Å²) in [4.78, 5) is 24.3. The van der Waals surface area contributed by atoms with E-state index in [0.29, 0.717) is 19.3 Å². The maximum absolute atomic E-state index is 12.2. The molecule has 7 heteroatoms. The highest BCUT2D eigenvalue weighted by Crippen LogP contribution is 2.30. The van der Waals surface area contributed by atoms with E-state index in [4.69, 9.17) is 4.74 Å². The summed E-state index contributed by atoms with van der Waals surface area (Å²) in [6.07, 6.45) is 4.21. The largest absolute Gasteiger partial charge is 0.467 e. The maximum Gasteiger partial charge on any atom is 0.331 e. The Morgan fingerprint density at radius 1 is 1.20 bits per heavy atom. The topological polar surface area (TPSA) is 89.5 Å². The molecular formula is C13H21NO5S. The van der Waals surface area contributed by atoms with E-state index in [-0.39, 0.29) is 17.4 Å². The molecule has 0 spiro atoms. The molecule has 1 N–H and O–H groups in total. The van der Waals surface area contributed by atoms with E-state index < -0.39 is 27.3 Å². The SMILES string of the molecule is COC(=O)C1(NC(=O)C2CCS(=O)(=O)C2)CCCCC1. The van der Waals surface area contributed by atoms with E-state index >= 15 is 0 Å². The van der Waals surface area contributed by atoms with Crippen molar-refractivity contribution in [3.63, 3.8) is 0 Å². The predicted molar refractivity (Wildman–Crippen MR) is 72.7 cm³/mol. The molecule has 1 unspecified atom stereocenters. The second-order valence-electron chi connectivity index (χ2n) is 5.72. The summed E-state index contributed by atoms with van der Waals surface area (Å²) in [5.74, 6) is -1.36. The van der Waals surface area contributed by atoms with Gasteiger partial charge in [0.05, 0.1) is 24.5 Å². The van der Waals surface area contributed by atoms with Crippen LogP contribution in [0.4, 0.5) is 0 Å². The fraction of sp³-hybridized carbons (Fsp3) is 0.846. The lowest BCUT2D eigenvalue weighted by atomic mass is 9.81. The molecule has 0 aromatic heterocycles. The molecule has 1 saturated carbocycles. The molecule has 1 aliphatic carbocycles. The fourth-order valence-electron chi connectivity index (χ4n) is 3.07. The highest BCUT2D eigenvalue weighted by Gasteiger charge is 2.44. The molecule has 2 fully saturated rings. The number of amides is 1. The van der Waals surface area contributed by atoms with Gasteiger partial charge in [-0.1, -0.05) is 19.3 Å². The zero-order valence-corrected chi connectivity index (χ0v) is 12.5. The third kappa shape index (κ3) is 3.13. The van der Waals surface area contributed by atoms with Crippen molar-refractivity contribution in [2.24, 2.45) is 5.92 Å². The molecule has 2 aliphatic rings. The number of ether oxygens (including phenoxy) is 1. The second-order valence-corrected chi connectivity index (χ2v) is 7.95. The van der Waals surface area contributed by atoms with Crippen molar-refractivity contribution in [2.45, 2.75) is 44.1 Å². The van der Waals surface area contributed by atoms with Gasteiger partial charge in [0.25, 0.3) is 0 Å². The van der Waals surface area contributed by atoms with Crippen LogP contribution in [0.15, 0.2) is 0 Å². The first kappa shape index (κ1) is 15.3. The Hall–Kier alpha value is -1.11. The zero-order valence-electron chi connectivity index (χ0n) is 11.7. The van der Waals surface area contributed by atoms with Gasteiger partial charge in [0.1, 0.15) is 5.54 Å². The highest BCUT2D eigenvalue weighted by molar-refractivity contribution is 7.91. The quantitative estimate of drug-likeness (QED) is 0.763. The van der Waals surface area contributed by atoms with Crippen molar-refractivity contribution >= 4 is 21.7 Å². The molecule has 2 rings (SSSR count). The molecule has 1 saturated heterocycles. The van der Waals surface area contributed by atoms with Crippen LogP contribution in [0.3, 0.4) is 0 Å². The Morgan fingerprint density at radius 2 is 1.85 bits per heavy atom. The van der Waals surface area contributed by atoms with Crippen LogP contribution in [0.5, 0.6) is 0 Å². The highest BCUT2D eigenvalue weighted by atomic mass is 32.2. The fourth-order valence-corrected chi connectivity index (χ4v) is 4.81.